The van der Waals surface area contributed by atoms with E-state index in [-0.39, 0.29) is 39.9 Å². The fraction of sp³-hybridized carbons (Fsp3) is 0. The van der Waals surface area contributed by atoms with Gasteiger partial charge in [-0.1, -0.05) is 58.0 Å². The van der Waals surface area contributed by atoms with Crippen molar-refractivity contribution < 1.29 is 8.42 Å². The Morgan fingerprint density at radius 2 is 1.35 bits per heavy atom. The fourth-order valence-electron chi connectivity index (χ4n) is 1.28. The quantitative estimate of drug-likeness (QED) is 0.332. The van der Waals surface area contributed by atoms with Crippen molar-refractivity contribution in [2.45, 2.75) is 4.21 Å². The predicted octanol–water partition coefficient (Wildman–Crippen LogP) is 6.00. The van der Waals surface area contributed by atoms with Crippen LogP contribution < -0.4 is 0 Å². The number of benzene rings is 1. The van der Waals surface area contributed by atoms with Crippen molar-refractivity contribution in [2.75, 3.05) is 0 Å². The first kappa shape index (κ1) is 16.9. The molecule has 108 valence electrons. The molecule has 0 saturated carbocycles. The molecule has 2 aromatic rings. The number of halogens is 6. The van der Waals surface area contributed by atoms with E-state index in [0.29, 0.717) is 0 Å². The van der Waals surface area contributed by atoms with Crippen molar-refractivity contribution in [1.82, 2.24) is 4.98 Å². The zero-order valence-corrected chi connectivity index (χ0v) is 15.1. The van der Waals surface area contributed by atoms with Gasteiger partial charge in [0.2, 0.25) is 0 Å². The Labute approximate surface area is 147 Å². The van der Waals surface area contributed by atoms with Crippen LogP contribution in [0.25, 0.3) is 10.6 Å². The molecule has 0 atom stereocenters. The lowest BCUT2D eigenvalue weighted by molar-refractivity contribution is 0.611. The molecule has 3 nitrogen and oxygen atoms in total. The summed E-state index contributed by atoms with van der Waals surface area (Å²) in [6.45, 7) is 0. The number of rotatable bonds is 2. The lowest BCUT2D eigenvalue weighted by atomic mass is 10.2. The molecular formula is C9HCl6NO2S2. The summed E-state index contributed by atoms with van der Waals surface area (Å²) in [6.07, 6.45) is 1.09. The Morgan fingerprint density at radius 1 is 0.900 bits per heavy atom. The van der Waals surface area contributed by atoms with Crippen LogP contribution in [0.15, 0.2) is 10.4 Å². The lowest BCUT2D eigenvalue weighted by Crippen LogP contribution is -1.85. The molecule has 11 heteroatoms. The van der Waals surface area contributed by atoms with Crippen LogP contribution in [-0.4, -0.2) is 13.4 Å². The second-order valence-corrected chi connectivity index (χ2v) is 9.08. The number of hydrogen-bond donors (Lipinski definition) is 0. The number of nitrogens with zero attached hydrogens (tertiary/aromatic N) is 1. The molecule has 0 bridgehead atoms. The zero-order valence-electron chi connectivity index (χ0n) is 8.93. The van der Waals surface area contributed by atoms with Crippen molar-refractivity contribution in [3.63, 3.8) is 0 Å². The van der Waals surface area contributed by atoms with Crippen LogP contribution in [0.2, 0.25) is 25.1 Å². The van der Waals surface area contributed by atoms with E-state index in [2.05, 4.69) is 4.98 Å². The fourth-order valence-corrected chi connectivity index (χ4v) is 4.63. The molecule has 0 fully saturated rings. The minimum absolute atomic E-state index is 0.00298. The van der Waals surface area contributed by atoms with Gasteiger partial charge in [-0.2, -0.15) is 0 Å². The van der Waals surface area contributed by atoms with Gasteiger partial charge in [0.15, 0.2) is 4.21 Å². The van der Waals surface area contributed by atoms with Crippen LogP contribution in [-0.2, 0) is 9.05 Å². The summed E-state index contributed by atoms with van der Waals surface area (Å²) in [4.78, 5) is 3.91. The highest BCUT2D eigenvalue weighted by molar-refractivity contribution is 8.15. The maximum Gasteiger partial charge on any atom is 0.272 e. The van der Waals surface area contributed by atoms with Gasteiger partial charge >= 0.3 is 0 Å². The third kappa shape index (κ3) is 3.01. The van der Waals surface area contributed by atoms with E-state index in [0.717, 1.165) is 17.5 Å². The molecule has 20 heavy (non-hydrogen) atoms. The molecule has 1 aromatic heterocycles. The maximum absolute atomic E-state index is 11.2. The largest absolute Gasteiger partial charge is 0.272 e. The Bertz CT molecular complexity index is 772. The lowest BCUT2D eigenvalue weighted by Gasteiger charge is -2.10. The molecule has 0 N–H and O–H groups in total. The van der Waals surface area contributed by atoms with Gasteiger partial charge in [0.05, 0.1) is 36.9 Å². The number of thiazole rings is 1. The molecule has 0 spiro atoms. The minimum atomic E-state index is -3.89. The van der Waals surface area contributed by atoms with Crippen LogP contribution in [0, 0.1) is 0 Å². The minimum Gasteiger partial charge on any atom is -0.243 e. The topological polar surface area (TPSA) is 47.0 Å². The predicted molar refractivity (Wildman–Crippen MR) is 85.6 cm³/mol. The van der Waals surface area contributed by atoms with Crippen molar-refractivity contribution in [1.29, 1.82) is 0 Å². The SMILES string of the molecule is O=S(=O)(Cl)c1cnc(-c2c(Cl)c(Cl)c(Cl)c(Cl)c2Cl)s1. The standard InChI is InChI=1S/C9HCl6NO2S2/c10-4-3(5(11)7(13)8(14)6(4)12)9-16-1-2(19-9)20(15,17)18/h1H. The Balaban J connectivity index is 2.74. The Hall–Kier alpha value is 0.540. The molecule has 0 unspecified atom stereocenters. The summed E-state index contributed by atoms with van der Waals surface area (Å²) in [6, 6.07) is 0. The van der Waals surface area contributed by atoms with Gasteiger partial charge in [-0.25, -0.2) is 13.4 Å². The number of hydrogen-bond acceptors (Lipinski definition) is 4. The number of aromatic nitrogens is 1. The molecule has 0 aliphatic rings. The van der Waals surface area contributed by atoms with Crippen molar-refractivity contribution in [3.8, 4) is 10.6 Å². The van der Waals surface area contributed by atoms with Crippen LogP contribution in [0.4, 0.5) is 0 Å². The smallest absolute Gasteiger partial charge is 0.243 e. The van der Waals surface area contributed by atoms with Gasteiger partial charge < -0.3 is 0 Å². The second kappa shape index (κ2) is 5.97. The molecule has 1 heterocycles. The monoisotopic (exact) mass is 429 g/mol. The molecule has 0 saturated heterocycles. The Kier molecular flexibility index (Phi) is 5.05. The highest BCUT2D eigenvalue weighted by Crippen LogP contribution is 2.49. The van der Waals surface area contributed by atoms with E-state index in [1.54, 1.807) is 0 Å². The first-order valence-corrected chi connectivity index (χ1v) is 9.58. The molecule has 0 aliphatic carbocycles. The summed E-state index contributed by atoms with van der Waals surface area (Å²) in [5.74, 6) is 0. The van der Waals surface area contributed by atoms with Crippen molar-refractivity contribution in [3.05, 3.63) is 31.3 Å². The van der Waals surface area contributed by atoms with Crippen LogP contribution >= 0.6 is 80.0 Å². The molecule has 0 radical (unpaired) electrons. The molecular weight excluding hydrogens is 431 g/mol. The van der Waals surface area contributed by atoms with E-state index in [9.17, 15) is 8.42 Å². The van der Waals surface area contributed by atoms with Crippen LogP contribution in [0.5, 0.6) is 0 Å². The van der Waals surface area contributed by atoms with Gasteiger partial charge in [0.25, 0.3) is 9.05 Å². The second-order valence-electron chi connectivity index (χ2n) is 3.37. The van der Waals surface area contributed by atoms with Crippen LogP contribution in [0.3, 0.4) is 0 Å². The van der Waals surface area contributed by atoms with E-state index in [1.807, 2.05) is 0 Å². The molecule has 0 amide bonds. The third-order valence-corrected chi connectivity index (χ3v) is 7.50. The highest BCUT2D eigenvalue weighted by atomic mass is 35.7. The normalized spacial score (nSPS) is 11.9. The van der Waals surface area contributed by atoms with Gasteiger partial charge in [-0.15, -0.1) is 11.3 Å². The summed E-state index contributed by atoms with van der Waals surface area (Å²) >= 11 is 30.6. The van der Waals surface area contributed by atoms with Crippen molar-refractivity contribution in [2.24, 2.45) is 0 Å². The Morgan fingerprint density at radius 3 is 1.75 bits per heavy atom. The van der Waals surface area contributed by atoms with Crippen molar-refractivity contribution >= 4 is 89.1 Å². The van der Waals surface area contributed by atoms with E-state index >= 15 is 0 Å². The van der Waals surface area contributed by atoms with E-state index in [1.165, 1.54) is 0 Å². The average Bonchev–Trinajstić information content (AvgIpc) is 2.83. The average molecular weight is 432 g/mol. The summed E-state index contributed by atoms with van der Waals surface area (Å²) in [7, 11) is 1.34. The van der Waals surface area contributed by atoms with Gasteiger partial charge in [0.1, 0.15) is 5.01 Å². The summed E-state index contributed by atoms with van der Waals surface area (Å²) < 4.78 is 22.3. The summed E-state index contributed by atoms with van der Waals surface area (Å²) in [5.41, 5.74) is 0.198. The third-order valence-electron chi connectivity index (χ3n) is 2.15. The van der Waals surface area contributed by atoms with Gasteiger partial charge in [-0.05, 0) is 0 Å². The molecule has 0 aliphatic heterocycles. The first-order chi connectivity index (χ1) is 9.14. The maximum atomic E-state index is 11.2. The van der Waals surface area contributed by atoms with E-state index in [4.69, 9.17) is 68.7 Å². The first-order valence-electron chi connectivity index (χ1n) is 4.57. The van der Waals surface area contributed by atoms with E-state index < -0.39 is 9.05 Å². The molecule has 1 aromatic carbocycles. The zero-order chi connectivity index (χ0) is 15.2. The summed E-state index contributed by atoms with van der Waals surface area (Å²) in [5, 5.41) is 0.276. The van der Waals surface area contributed by atoms with Crippen LogP contribution in [0.1, 0.15) is 0 Å². The molecule has 2 rings (SSSR count). The highest BCUT2D eigenvalue weighted by Gasteiger charge is 2.24. The van der Waals surface area contributed by atoms with Gasteiger partial charge in [0, 0.05) is 10.7 Å². The van der Waals surface area contributed by atoms with Gasteiger partial charge in [-0.3, -0.25) is 0 Å².